The minimum Gasteiger partial charge on any atom is -0.256 e. The number of aromatic nitrogens is 1. The van der Waals surface area contributed by atoms with E-state index in [1.807, 2.05) is 12.3 Å². The number of fused-ring (bicyclic) bond motifs is 3. The second kappa shape index (κ2) is 5.92. The van der Waals surface area contributed by atoms with Gasteiger partial charge in [-0.15, -0.1) is 0 Å². The smallest absolute Gasteiger partial charge is 0.0708 e. The molecule has 1 heterocycles. The molecule has 0 spiro atoms. The van der Waals surface area contributed by atoms with E-state index in [1.54, 1.807) is 0 Å². The number of hydrogen-bond donors (Lipinski definition) is 0. The van der Waals surface area contributed by atoms with E-state index in [-0.39, 0.29) is 5.41 Å². The van der Waals surface area contributed by atoms with Crippen molar-refractivity contribution in [2.45, 2.75) is 19.3 Å². The third kappa shape index (κ3) is 2.50. The van der Waals surface area contributed by atoms with Gasteiger partial charge in [0.2, 0.25) is 0 Å². The van der Waals surface area contributed by atoms with Crippen molar-refractivity contribution in [2.24, 2.45) is 0 Å². The monoisotopic (exact) mass is 347 g/mol. The summed E-state index contributed by atoms with van der Waals surface area (Å²) in [6.07, 6.45) is 1.91. The van der Waals surface area contributed by atoms with Gasteiger partial charge in [-0.05, 0) is 51.6 Å². The van der Waals surface area contributed by atoms with Crippen LogP contribution in [0.1, 0.15) is 25.0 Å². The van der Waals surface area contributed by atoms with Crippen LogP contribution in [-0.2, 0) is 5.41 Å². The quantitative estimate of drug-likeness (QED) is 0.392. The highest BCUT2D eigenvalue weighted by molar-refractivity contribution is 5.83. The van der Waals surface area contributed by atoms with E-state index < -0.39 is 0 Å². The van der Waals surface area contributed by atoms with Gasteiger partial charge in [-0.2, -0.15) is 0 Å². The van der Waals surface area contributed by atoms with Gasteiger partial charge in [0, 0.05) is 17.2 Å². The summed E-state index contributed by atoms with van der Waals surface area (Å²) in [5.41, 5.74) is 10.1. The predicted octanol–water partition coefficient (Wildman–Crippen LogP) is 6.72. The molecule has 3 aromatic carbocycles. The fourth-order valence-electron chi connectivity index (χ4n) is 4.26. The lowest BCUT2D eigenvalue weighted by molar-refractivity contribution is 0.660. The molecule has 0 amide bonds. The fourth-order valence-corrected chi connectivity index (χ4v) is 4.26. The molecule has 1 heteroatoms. The Morgan fingerprint density at radius 3 is 2.19 bits per heavy atom. The number of hydrogen-bond acceptors (Lipinski definition) is 1. The van der Waals surface area contributed by atoms with Crippen molar-refractivity contribution in [3.8, 4) is 33.5 Å². The van der Waals surface area contributed by atoms with Crippen LogP contribution in [0.5, 0.6) is 0 Å². The average molecular weight is 347 g/mol. The van der Waals surface area contributed by atoms with Gasteiger partial charge in [0.15, 0.2) is 0 Å². The van der Waals surface area contributed by atoms with Crippen molar-refractivity contribution in [1.82, 2.24) is 4.98 Å². The van der Waals surface area contributed by atoms with Crippen LogP contribution in [0.3, 0.4) is 0 Å². The highest BCUT2D eigenvalue weighted by Gasteiger charge is 2.35. The molecule has 5 rings (SSSR count). The molecule has 0 radical (unpaired) electrons. The first-order valence-corrected chi connectivity index (χ1v) is 9.41. The molecule has 27 heavy (non-hydrogen) atoms. The zero-order valence-electron chi connectivity index (χ0n) is 15.6. The maximum atomic E-state index is 4.66. The van der Waals surface area contributed by atoms with Crippen molar-refractivity contribution in [3.63, 3.8) is 0 Å². The fraction of sp³-hybridized carbons (Fsp3) is 0.115. The highest BCUT2D eigenvalue weighted by Crippen LogP contribution is 2.49. The van der Waals surface area contributed by atoms with E-state index in [0.29, 0.717) is 0 Å². The molecule has 0 N–H and O–H groups in total. The zero-order chi connectivity index (χ0) is 18.4. The first kappa shape index (κ1) is 16.0. The first-order valence-electron chi connectivity index (χ1n) is 9.41. The van der Waals surface area contributed by atoms with Gasteiger partial charge >= 0.3 is 0 Å². The van der Waals surface area contributed by atoms with Crippen molar-refractivity contribution >= 4 is 0 Å². The van der Waals surface area contributed by atoms with Crippen LogP contribution >= 0.6 is 0 Å². The van der Waals surface area contributed by atoms with Gasteiger partial charge < -0.3 is 0 Å². The second-order valence-electron chi connectivity index (χ2n) is 7.73. The summed E-state index contributed by atoms with van der Waals surface area (Å²) in [7, 11) is 0. The number of nitrogens with zero attached hydrogens (tertiary/aromatic N) is 1. The summed E-state index contributed by atoms with van der Waals surface area (Å²) in [5, 5.41) is 0. The summed E-state index contributed by atoms with van der Waals surface area (Å²) < 4.78 is 0. The summed E-state index contributed by atoms with van der Waals surface area (Å²) >= 11 is 0. The molecule has 1 nitrogen and oxygen atoms in total. The van der Waals surface area contributed by atoms with Gasteiger partial charge in [-0.25, -0.2) is 0 Å². The van der Waals surface area contributed by atoms with Gasteiger partial charge in [0.25, 0.3) is 0 Å². The molecule has 130 valence electrons. The van der Waals surface area contributed by atoms with Crippen LogP contribution in [0.4, 0.5) is 0 Å². The van der Waals surface area contributed by atoms with Crippen LogP contribution in [0.15, 0.2) is 91.1 Å². The van der Waals surface area contributed by atoms with Gasteiger partial charge in [-0.3, -0.25) is 4.98 Å². The lowest BCUT2D eigenvalue weighted by atomic mass is 9.82. The molecule has 0 unspecified atom stereocenters. The molecule has 0 atom stereocenters. The molecule has 1 aromatic heterocycles. The molecule has 0 saturated carbocycles. The highest BCUT2D eigenvalue weighted by atomic mass is 14.7. The molecule has 1 aliphatic rings. The largest absolute Gasteiger partial charge is 0.256 e. The SMILES string of the molecule is CC1(C)c2ccccc2-c2ccc(-c3cc(-c4ccccc4)ccn3)cc21. The molecular formula is C26H21N. The standard InChI is InChI=1S/C26H21N/c1-26(2)23-11-7-6-10-21(23)22-13-12-20(16-24(22)26)25-17-19(14-15-27-25)18-8-4-3-5-9-18/h3-17H,1-2H3. The normalized spacial score (nSPS) is 13.9. The van der Waals surface area contributed by atoms with Gasteiger partial charge in [0.05, 0.1) is 5.69 Å². The minimum atomic E-state index is 0.0129. The van der Waals surface area contributed by atoms with E-state index >= 15 is 0 Å². The number of pyridine rings is 1. The third-order valence-corrected chi connectivity index (χ3v) is 5.75. The maximum absolute atomic E-state index is 4.66. The van der Waals surface area contributed by atoms with E-state index in [2.05, 4.69) is 97.7 Å². The van der Waals surface area contributed by atoms with Crippen LogP contribution in [-0.4, -0.2) is 4.98 Å². The topological polar surface area (TPSA) is 12.9 Å². The van der Waals surface area contributed by atoms with Crippen molar-refractivity contribution in [1.29, 1.82) is 0 Å². The second-order valence-corrected chi connectivity index (χ2v) is 7.73. The van der Waals surface area contributed by atoms with Crippen LogP contribution in [0, 0.1) is 0 Å². The summed E-state index contributed by atoms with van der Waals surface area (Å²) in [6.45, 7) is 4.63. The molecule has 0 fully saturated rings. The van der Waals surface area contributed by atoms with E-state index in [1.165, 1.54) is 38.9 Å². The van der Waals surface area contributed by atoms with Crippen molar-refractivity contribution in [2.75, 3.05) is 0 Å². The maximum Gasteiger partial charge on any atom is 0.0708 e. The zero-order valence-corrected chi connectivity index (χ0v) is 15.6. The van der Waals surface area contributed by atoms with Crippen LogP contribution in [0.25, 0.3) is 33.5 Å². The molecule has 0 saturated heterocycles. The molecule has 0 aliphatic heterocycles. The molecule has 4 aromatic rings. The third-order valence-electron chi connectivity index (χ3n) is 5.75. The lowest BCUT2D eigenvalue weighted by Crippen LogP contribution is -2.14. The molecular weight excluding hydrogens is 326 g/mol. The Labute approximate surface area is 160 Å². The van der Waals surface area contributed by atoms with Gasteiger partial charge in [0.1, 0.15) is 0 Å². The lowest BCUT2D eigenvalue weighted by Gasteiger charge is -2.21. The summed E-state index contributed by atoms with van der Waals surface area (Å²) in [5.74, 6) is 0. The molecule has 1 aliphatic carbocycles. The number of benzene rings is 3. The van der Waals surface area contributed by atoms with Crippen molar-refractivity contribution in [3.05, 3.63) is 102 Å². The van der Waals surface area contributed by atoms with Crippen LogP contribution in [0.2, 0.25) is 0 Å². The Morgan fingerprint density at radius 2 is 1.33 bits per heavy atom. The minimum absolute atomic E-state index is 0.0129. The summed E-state index contributed by atoms with van der Waals surface area (Å²) in [4.78, 5) is 4.66. The predicted molar refractivity (Wildman–Crippen MR) is 113 cm³/mol. The Kier molecular flexibility index (Phi) is 3.51. The Morgan fingerprint density at radius 1 is 0.593 bits per heavy atom. The number of rotatable bonds is 2. The van der Waals surface area contributed by atoms with E-state index in [9.17, 15) is 0 Å². The average Bonchev–Trinajstić information content (AvgIpc) is 2.96. The van der Waals surface area contributed by atoms with Crippen molar-refractivity contribution < 1.29 is 0 Å². The Balaban J connectivity index is 1.63. The Bertz CT molecular complexity index is 1140. The molecule has 0 bridgehead atoms. The van der Waals surface area contributed by atoms with Gasteiger partial charge in [-0.1, -0.05) is 80.6 Å². The summed E-state index contributed by atoms with van der Waals surface area (Å²) in [6, 6.07) is 30.3. The van der Waals surface area contributed by atoms with Crippen LogP contribution < -0.4 is 0 Å². The Hall–Kier alpha value is -3.19. The van der Waals surface area contributed by atoms with E-state index in [4.69, 9.17) is 0 Å². The first-order chi connectivity index (χ1) is 13.1. The van der Waals surface area contributed by atoms with E-state index in [0.717, 1.165) is 5.69 Å².